The van der Waals surface area contributed by atoms with E-state index in [-0.39, 0.29) is 0 Å². The van der Waals surface area contributed by atoms with Crippen LogP contribution in [0.2, 0.25) is 10.0 Å². The van der Waals surface area contributed by atoms with Gasteiger partial charge in [0.1, 0.15) is 0 Å². The summed E-state index contributed by atoms with van der Waals surface area (Å²) in [5, 5.41) is 19.6. The zero-order valence-corrected chi connectivity index (χ0v) is 11.8. The molecule has 0 aliphatic heterocycles. The standard InChI is InChI=1S/C15H9Cl2N3/c16-11-6-7-13(14(17)8-11)15(9-18)20(10-19)12-4-2-1-3-5-12/h1-8,15H. The van der Waals surface area contributed by atoms with Crippen LogP contribution in [-0.4, -0.2) is 0 Å². The van der Waals surface area contributed by atoms with Crippen molar-refractivity contribution in [3.8, 4) is 12.3 Å². The summed E-state index contributed by atoms with van der Waals surface area (Å²) in [5.74, 6) is 0. The third-order valence-corrected chi connectivity index (χ3v) is 3.34. The fourth-order valence-corrected chi connectivity index (χ4v) is 2.35. The number of para-hydroxylation sites is 1. The van der Waals surface area contributed by atoms with Crippen LogP contribution < -0.4 is 4.90 Å². The van der Waals surface area contributed by atoms with Crippen molar-refractivity contribution in [3.63, 3.8) is 0 Å². The first-order chi connectivity index (χ1) is 9.67. The summed E-state index contributed by atoms with van der Waals surface area (Å²) in [6.07, 6.45) is 2.03. The lowest BCUT2D eigenvalue weighted by atomic mass is 10.1. The van der Waals surface area contributed by atoms with Crippen molar-refractivity contribution >= 4 is 28.9 Å². The summed E-state index contributed by atoms with van der Waals surface area (Å²) in [6.45, 7) is 0. The molecule has 5 heteroatoms. The van der Waals surface area contributed by atoms with Gasteiger partial charge in [-0.15, -0.1) is 0 Å². The molecule has 3 nitrogen and oxygen atoms in total. The zero-order chi connectivity index (χ0) is 14.5. The maximum Gasteiger partial charge on any atom is 0.185 e. The van der Waals surface area contributed by atoms with Crippen molar-refractivity contribution in [1.29, 1.82) is 10.5 Å². The number of benzene rings is 2. The topological polar surface area (TPSA) is 50.8 Å². The van der Waals surface area contributed by atoms with Gasteiger partial charge in [0.05, 0.1) is 11.8 Å². The molecule has 0 heterocycles. The number of nitrogens with zero attached hydrogens (tertiary/aromatic N) is 3. The first kappa shape index (κ1) is 14.2. The Bertz CT molecular complexity index is 687. The molecule has 0 saturated heterocycles. The van der Waals surface area contributed by atoms with E-state index in [0.717, 1.165) is 0 Å². The molecule has 0 aromatic heterocycles. The lowest BCUT2D eigenvalue weighted by Gasteiger charge is -2.22. The molecule has 0 radical (unpaired) electrons. The minimum Gasteiger partial charge on any atom is -0.258 e. The van der Waals surface area contributed by atoms with Crippen LogP contribution in [0.25, 0.3) is 0 Å². The Labute approximate surface area is 127 Å². The van der Waals surface area contributed by atoms with Gasteiger partial charge in [0.15, 0.2) is 12.2 Å². The third-order valence-electron chi connectivity index (χ3n) is 2.78. The summed E-state index contributed by atoms with van der Waals surface area (Å²) in [5.41, 5.74) is 1.18. The van der Waals surface area contributed by atoms with E-state index >= 15 is 0 Å². The molecular formula is C15H9Cl2N3. The van der Waals surface area contributed by atoms with Crippen LogP contribution in [-0.2, 0) is 0 Å². The predicted octanol–water partition coefficient (Wildman–Crippen LogP) is 4.55. The van der Waals surface area contributed by atoms with Gasteiger partial charge in [0.25, 0.3) is 0 Å². The van der Waals surface area contributed by atoms with E-state index in [2.05, 4.69) is 6.07 Å². The highest BCUT2D eigenvalue weighted by Gasteiger charge is 2.23. The van der Waals surface area contributed by atoms with Crippen molar-refractivity contribution in [3.05, 3.63) is 64.1 Å². The van der Waals surface area contributed by atoms with E-state index in [1.165, 1.54) is 4.90 Å². The van der Waals surface area contributed by atoms with Crippen molar-refractivity contribution in [2.24, 2.45) is 0 Å². The van der Waals surface area contributed by atoms with Crippen LogP contribution in [0.5, 0.6) is 0 Å². The Morgan fingerprint density at radius 2 is 1.70 bits per heavy atom. The van der Waals surface area contributed by atoms with Crippen LogP contribution in [0.1, 0.15) is 11.6 Å². The fraction of sp³-hybridized carbons (Fsp3) is 0.0667. The van der Waals surface area contributed by atoms with Crippen LogP contribution in [0, 0.1) is 22.8 Å². The van der Waals surface area contributed by atoms with E-state index in [4.69, 9.17) is 23.2 Å². The maximum atomic E-state index is 9.40. The first-order valence-corrected chi connectivity index (χ1v) is 6.51. The number of halogens is 2. The monoisotopic (exact) mass is 301 g/mol. The van der Waals surface area contributed by atoms with Gasteiger partial charge in [-0.3, -0.25) is 4.90 Å². The van der Waals surface area contributed by atoms with Gasteiger partial charge in [0.2, 0.25) is 0 Å². The number of nitriles is 2. The maximum absolute atomic E-state index is 9.40. The van der Waals surface area contributed by atoms with Crippen LogP contribution in [0.15, 0.2) is 48.5 Å². The van der Waals surface area contributed by atoms with Gasteiger partial charge < -0.3 is 0 Å². The number of anilines is 1. The van der Waals surface area contributed by atoms with Crippen molar-refractivity contribution in [2.75, 3.05) is 4.90 Å². The summed E-state index contributed by atoms with van der Waals surface area (Å²) < 4.78 is 0. The molecule has 0 amide bonds. The molecule has 0 aliphatic carbocycles. The Balaban J connectivity index is 2.46. The number of rotatable bonds is 3. The van der Waals surface area contributed by atoms with E-state index in [0.29, 0.717) is 21.3 Å². The molecule has 0 aliphatic rings. The number of hydrogen-bond donors (Lipinski definition) is 0. The SMILES string of the molecule is N#CC(c1ccc(Cl)cc1Cl)N(C#N)c1ccccc1. The molecule has 2 aromatic rings. The predicted molar refractivity (Wildman–Crippen MR) is 79.4 cm³/mol. The molecule has 1 unspecified atom stereocenters. The van der Waals surface area contributed by atoms with Crippen LogP contribution >= 0.6 is 23.2 Å². The highest BCUT2D eigenvalue weighted by atomic mass is 35.5. The van der Waals surface area contributed by atoms with E-state index in [1.54, 1.807) is 42.5 Å². The summed E-state index contributed by atoms with van der Waals surface area (Å²) in [4.78, 5) is 1.31. The molecule has 2 aromatic carbocycles. The molecule has 0 saturated carbocycles. The van der Waals surface area contributed by atoms with Crippen molar-refractivity contribution in [2.45, 2.75) is 6.04 Å². The summed E-state index contributed by atoms with van der Waals surface area (Å²) in [6, 6.07) is 15.1. The normalized spacial score (nSPS) is 11.2. The Morgan fingerprint density at radius 3 is 2.25 bits per heavy atom. The fourth-order valence-electron chi connectivity index (χ4n) is 1.84. The van der Waals surface area contributed by atoms with Gasteiger partial charge in [-0.25, -0.2) is 0 Å². The third kappa shape index (κ3) is 2.86. The van der Waals surface area contributed by atoms with Crippen LogP contribution in [0.3, 0.4) is 0 Å². The minimum atomic E-state index is -0.799. The second-order valence-electron chi connectivity index (χ2n) is 4.00. The van der Waals surface area contributed by atoms with Crippen LogP contribution in [0.4, 0.5) is 5.69 Å². The molecule has 20 heavy (non-hydrogen) atoms. The van der Waals surface area contributed by atoms with Gasteiger partial charge in [-0.2, -0.15) is 10.5 Å². The Hall–Kier alpha value is -2.20. The molecular weight excluding hydrogens is 293 g/mol. The smallest absolute Gasteiger partial charge is 0.185 e. The largest absolute Gasteiger partial charge is 0.258 e. The lowest BCUT2D eigenvalue weighted by Crippen LogP contribution is -2.22. The molecule has 0 N–H and O–H groups in total. The quantitative estimate of drug-likeness (QED) is 0.617. The van der Waals surface area contributed by atoms with E-state index in [1.807, 2.05) is 12.3 Å². The molecule has 98 valence electrons. The highest BCUT2D eigenvalue weighted by Crippen LogP contribution is 2.32. The minimum absolute atomic E-state index is 0.361. The molecule has 0 fully saturated rings. The van der Waals surface area contributed by atoms with Crippen molar-refractivity contribution in [1.82, 2.24) is 0 Å². The average molecular weight is 302 g/mol. The lowest BCUT2D eigenvalue weighted by molar-refractivity contribution is 0.867. The molecule has 0 spiro atoms. The summed E-state index contributed by atoms with van der Waals surface area (Å²) >= 11 is 12.0. The van der Waals surface area contributed by atoms with Gasteiger partial charge in [-0.05, 0) is 24.3 Å². The average Bonchev–Trinajstić information content (AvgIpc) is 2.46. The van der Waals surface area contributed by atoms with Gasteiger partial charge in [0, 0.05) is 15.6 Å². The second-order valence-corrected chi connectivity index (χ2v) is 4.85. The summed E-state index contributed by atoms with van der Waals surface area (Å²) in [7, 11) is 0. The second kappa shape index (κ2) is 6.30. The molecule has 2 rings (SSSR count). The van der Waals surface area contributed by atoms with E-state index < -0.39 is 6.04 Å². The molecule has 1 atom stereocenters. The zero-order valence-electron chi connectivity index (χ0n) is 10.3. The Kier molecular flexibility index (Phi) is 4.48. The van der Waals surface area contributed by atoms with Crippen molar-refractivity contribution < 1.29 is 0 Å². The first-order valence-electron chi connectivity index (χ1n) is 5.76. The molecule has 0 bridgehead atoms. The van der Waals surface area contributed by atoms with E-state index in [9.17, 15) is 10.5 Å². The highest BCUT2D eigenvalue weighted by molar-refractivity contribution is 6.35. The Morgan fingerprint density at radius 1 is 1.00 bits per heavy atom. The van der Waals surface area contributed by atoms with Gasteiger partial charge in [-0.1, -0.05) is 47.5 Å². The number of hydrogen-bond acceptors (Lipinski definition) is 3. The van der Waals surface area contributed by atoms with Gasteiger partial charge >= 0.3 is 0 Å².